The third-order valence-electron chi connectivity index (χ3n) is 2.58. The molecule has 0 amide bonds. The highest BCUT2D eigenvalue weighted by molar-refractivity contribution is 9.11. The van der Waals surface area contributed by atoms with Crippen molar-refractivity contribution in [2.45, 2.75) is 6.04 Å². The average Bonchev–Trinajstić information content (AvgIpc) is 2.98. The quantitative estimate of drug-likeness (QED) is 0.917. The van der Waals surface area contributed by atoms with E-state index in [2.05, 4.69) is 43.7 Å². The summed E-state index contributed by atoms with van der Waals surface area (Å²) in [4.78, 5) is 5.90. The lowest BCUT2D eigenvalue weighted by Gasteiger charge is -2.21. The number of ether oxygens (including phenoxy) is 1. The molecule has 90 valence electrons. The van der Waals surface area contributed by atoms with E-state index in [9.17, 15) is 0 Å². The van der Waals surface area contributed by atoms with Gasteiger partial charge < -0.3 is 10.1 Å². The molecule has 1 aliphatic heterocycles. The summed E-state index contributed by atoms with van der Waals surface area (Å²) in [6.45, 7) is 2.42. The standard InChI is InChI=1S/C11H11BrN2OS2/c12-10-2-1-9(17-10)11-14-8(6-16-11)7-5-15-4-3-13-7/h1-2,6-7,13H,3-5H2. The molecule has 0 saturated carbocycles. The lowest BCUT2D eigenvalue weighted by molar-refractivity contribution is 0.0758. The Morgan fingerprint density at radius 2 is 2.41 bits per heavy atom. The van der Waals surface area contributed by atoms with E-state index in [1.165, 1.54) is 4.88 Å². The van der Waals surface area contributed by atoms with Crippen LogP contribution in [0.25, 0.3) is 9.88 Å². The van der Waals surface area contributed by atoms with Crippen molar-refractivity contribution in [3.8, 4) is 9.88 Å². The van der Waals surface area contributed by atoms with Crippen LogP contribution in [0.15, 0.2) is 21.3 Å². The fourth-order valence-electron chi connectivity index (χ4n) is 1.74. The highest BCUT2D eigenvalue weighted by Crippen LogP contribution is 2.34. The molecule has 3 rings (SSSR count). The molecule has 6 heteroatoms. The minimum Gasteiger partial charge on any atom is -0.378 e. The van der Waals surface area contributed by atoms with Gasteiger partial charge in [0.2, 0.25) is 0 Å². The second-order valence-corrected chi connectivity index (χ2v) is 7.08. The van der Waals surface area contributed by atoms with Crippen LogP contribution in [0, 0.1) is 0 Å². The normalized spacial score (nSPS) is 20.6. The Morgan fingerprint density at radius 3 is 3.12 bits per heavy atom. The summed E-state index contributed by atoms with van der Waals surface area (Å²) < 4.78 is 6.59. The van der Waals surface area contributed by atoms with E-state index < -0.39 is 0 Å². The molecule has 17 heavy (non-hydrogen) atoms. The summed E-state index contributed by atoms with van der Waals surface area (Å²) >= 11 is 6.88. The van der Waals surface area contributed by atoms with Gasteiger partial charge in [-0.25, -0.2) is 4.98 Å². The molecule has 2 aromatic rings. The third-order valence-corrected chi connectivity index (χ3v) is 5.24. The predicted molar refractivity (Wildman–Crippen MR) is 74.7 cm³/mol. The summed E-state index contributed by atoms with van der Waals surface area (Å²) in [6.07, 6.45) is 0. The maximum Gasteiger partial charge on any atom is 0.133 e. The number of morpholine rings is 1. The fraction of sp³-hybridized carbons (Fsp3) is 0.364. The van der Waals surface area contributed by atoms with Crippen LogP contribution in [-0.4, -0.2) is 24.7 Å². The first-order valence-electron chi connectivity index (χ1n) is 5.35. The molecule has 1 N–H and O–H groups in total. The molecule has 0 bridgehead atoms. The Labute approximate surface area is 116 Å². The van der Waals surface area contributed by atoms with Crippen molar-refractivity contribution in [1.29, 1.82) is 0 Å². The minimum absolute atomic E-state index is 0.247. The van der Waals surface area contributed by atoms with Crippen LogP contribution in [-0.2, 0) is 4.74 Å². The Kier molecular flexibility index (Phi) is 3.58. The Morgan fingerprint density at radius 1 is 1.47 bits per heavy atom. The van der Waals surface area contributed by atoms with Crippen LogP contribution in [0.4, 0.5) is 0 Å². The summed E-state index contributed by atoms with van der Waals surface area (Å²) in [6, 6.07) is 4.41. The molecule has 0 aliphatic carbocycles. The zero-order valence-corrected chi connectivity index (χ0v) is 12.2. The fourth-order valence-corrected chi connectivity index (χ4v) is 4.08. The number of thiophene rings is 1. The van der Waals surface area contributed by atoms with Gasteiger partial charge in [0, 0.05) is 11.9 Å². The van der Waals surface area contributed by atoms with Crippen molar-refractivity contribution in [1.82, 2.24) is 10.3 Å². The Bertz CT molecular complexity index is 505. The smallest absolute Gasteiger partial charge is 0.133 e. The highest BCUT2D eigenvalue weighted by Gasteiger charge is 2.18. The number of aromatic nitrogens is 1. The number of thiazole rings is 1. The van der Waals surface area contributed by atoms with Crippen LogP contribution in [0.2, 0.25) is 0 Å². The van der Waals surface area contributed by atoms with Gasteiger partial charge in [-0.2, -0.15) is 0 Å². The topological polar surface area (TPSA) is 34.1 Å². The maximum absolute atomic E-state index is 5.45. The number of rotatable bonds is 2. The van der Waals surface area contributed by atoms with Crippen LogP contribution >= 0.6 is 38.6 Å². The molecule has 1 saturated heterocycles. The van der Waals surface area contributed by atoms with E-state index in [-0.39, 0.29) is 6.04 Å². The Hall–Kier alpha value is -0.270. The van der Waals surface area contributed by atoms with E-state index in [1.807, 2.05) is 0 Å². The van der Waals surface area contributed by atoms with Gasteiger partial charge in [-0.15, -0.1) is 22.7 Å². The van der Waals surface area contributed by atoms with Gasteiger partial charge in [-0.3, -0.25) is 0 Å². The highest BCUT2D eigenvalue weighted by atomic mass is 79.9. The van der Waals surface area contributed by atoms with Gasteiger partial charge in [-0.1, -0.05) is 0 Å². The van der Waals surface area contributed by atoms with Crippen molar-refractivity contribution < 1.29 is 4.74 Å². The number of hydrogen-bond donors (Lipinski definition) is 1. The summed E-state index contributed by atoms with van der Waals surface area (Å²) in [5.74, 6) is 0. The first-order chi connectivity index (χ1) is 8.33. The summed E-state index contributed by atoms with van der Waals surface area (Å²) in [5.41, 5.74) is 1.09. The van der Waals surface area contributed by atoms with Crippen molar-refractivity contribution in [2.24, 2.45) is 0 Å². The van der Waals surface area contributed by atoms with E-state index >= 15 is 0 Å². The number of nitrogens with one attached hydrogen (secondary N) is 1. The van der Waals surface area contributed by atoms with E-state index in [1.54, 1.807) is 22.7 Å². The van der Waals surface area contributed by atoms with Crippen LogP contribution < -0.4 is 5.32 Å². The molecule has 0 aromatic carbocycles. The summed E-state index contributed by atoms with van der Waals surface area (Å²) in [7, 11) is 0. The van der Waals surface area contributed by atoms with E-state index in [0.29, 0.717) is 0 Å². The van der Waals surface area contributed by atoms with Gasteiger partial charge >= 0.3 is 0 Å². The van der Waals surface area contributed by atoms with Crippen molar-refractivity contribution in [3.63, 3.8) is 0 Å². The second-order valence-electron chi connectivity index (χ2n) is 3.76. The monoisotopic (exact) mass is 330 g/mol. The number of nitrogens with zero attached hydrogens (tertiary/aromatic N) is 1. The maximum atomic E-state index is 5.45. The van der Waals surface area contributed by atoms with Crippen LogP contribution in [0.3, 0.4) is 0 Å². The zero-order valence-electron chi connectivity index (χ0n) is 8.98. The molecule has 1 atom stereocenters. The van der Waals surface area contributed by atoms with E-state index in [4.69, 9.17) is 4.74 Å². The predicted octanol–water partition coefficient (Wildman–Crippen LogP) is 3.30. The molecular weight excluding hydrogens is 320 g/mol. The summed E-state index contributed by atoms with van der Waals surface area (Å²) in [5, 5.41) is 6.63. The molecular formula is C11H11BrN2OS2. The first kappa shape index (κ1) is 11.8. The van der Waals surface area contributed by atoms with Crippen molar-refractivity contribution in [2.75, 3.05) is 19.8 Å². The van der Waals surface area contributed by atoms with Gasteiger partial charge in [0.15, 0.2) is 0 Å². The van der Waals surface area contributed by atoms with Gasteiger partial charge in [0.25, 0.3) is 0 Å². The van der Waals surface area contributed by atoms with Gasteiger partial charge in [-0.05, 0) is 28.1 Å². The SMILES string of the molecule is Brc1ccc(-c2nc(C3COCCN3)cs2)s1. The second kappa shape index (κ2) is 5.16. The van der Waals surface area contributed by atoms with E-state index in [0.717, 1.165) is 34.2 Å². The molecule has 1 aliphatic rings. The first-order valence-corrected chi connectivity index (χ1v) is 7.84. The molecule has 0 radical (unpaired) electrons. The van der Waals surface area contributed by atoms with Crippen molar-refractivity contribution >= 4 is 38.6 Å². The van der Waals surface area contributed by atoms with Gasteiger partial charge in [0.1, 0.15) is 5.01 Å². The zero-order chi connectivity index (χ0) is 11.7. The number of halogens is 1. The third kappa shape index (κ3) is 2.61. The lowest BCUT2D eigenvalue weighted by atomic mass is 10.2. The molecule has 1 fully saturated rings. The van der Waals surface area contributed by atoms with Crippen LogP contribution in [0.1, 0.15) is 11.7 Å². The van der Waals surface area contributed by atoms with Crippen LogP contribution in [0.5, 0.6) is 0 Å². The molecule has 0 spiro atoms. The van der Waals surface area contributed by atoms with Crippen molar-refractivity contribution in [3.05, 3.63) is 27.0 Å². The average molecular weight is 331 g/mol. The minimum atomic E-state index is 0.247. The molecule has 3 nitrogen and oxygen atoms in total. The molecule has 3 heterocycles. The Balaban J connectivity index is 1.82. The molecule has 2 aromatic heterocycles. The number of hydrogen-bond acceptors (Lipinski definition) is 5. The largest absolute Gasteiger partial charge is 0.378 e. The molecule has 1 unspecified atom stereocenters. The van der Waals surface area contributed by atoms with Gasteiger partial charge in [0.05, 0.1) is 33.6 Å². The lowest BCUT2D eigenvalue weighted by Crippen LogP contribution is -2.34.